The summed E-state index contributed by atoms with van der Waals surface area (Å²) < 4.78 is 31.1. The Kier molecular flexibility index (Phi) is 8.43. The fourth-order valence-electron chi connectivity index (χ4n) is 5.11. The van der Waals surface area contributed by atoms with Gasteiger partial charge < -0.3 is 20.3 Å². The normalized spacial score (nSPS) is 20.5. The summed E-state index contributed by atoms with van der Waals surface area (Å²) in [4.78, 5) is 36.4. The second-order valence-electron chi connectivity index (χ2n) is 10.5. The minimum absolute atomic E-state index is 0.145. The standard InChI is InChI=1S/C29H32F2N4O5/c1-17-12-22(34-25(13-17)35-24-14-19(26(30)31)8-11-32-24)20-4-5-23(33-15-20)28(3,39)21-6-9-29(10-7-21,27(37)38)16-40-18(2)36/h4-5,8,11-15,21,26,39H,6-7,9-10,16H2,1-3H3,(H,37,38)(H,32,34,35). The summed E-state index contributed by atoms with van der Waals surface area (Å²) in [7, 11) is 0. The fraction of sp³-hybridized carbons (Fsp3) is 0.414. The van der Waals surface area contributed by atoms with Crippen molar-refractivity contribution >= 4 is 23.6 Å². The molecule has 40 heavy (non-hydrogen) atoms. The number of hydrogen-bond donors (Lipinski definition) is 3. The third kappa shape index (κ3) is 6.41. The highest BCUT2D eigenvalue weighted by atomic mass is 19.3. The SMILES string of the molecule is CC(=O)OCC1(C(=O)O)CCC(C(C)(O)c2ccc(-c3cc(C)cc(Nc4cc(C(F)F)ccn4)n3)cn2)CC1. The van der Waals surface area contributed by atoms with E-state index in [1.807, 2.05) is 13.0 Å². The number of aryl methyl sites for hydroxylation is 1. The van der Waals surface area contributed by atoms with Gasteiger partial charge in [-0.15, -0.1) is 0 Å². The minimum Gasteiger partial charge on any atom is -0.481 e. The lowest BCUT2D eigenvalue weighted by atomic mass is 9.66. The molecular formula is C29H32F2N4O5. The molecule has 0 amide bonds. The number of hydrogen-bond acceptors (Lipinski definition) is 8. The lowest BCUT2D eigenvalue weighted by molar-refractivity contribution is -0.163. The van der Waals surface area contributed by atoms with Gasteiger partial charge in [-0.25, -0.2) is 18.7 Å². The maximum absolute atomic E-state index is 13.1. The molecule has 3 aromatic rings. The number of carbonyl (C=O) groups is 2. The van der Waals surface area contributed by atoms with Crippen LogP contribution >= 0.6 is 0 Å². The molecule has 0 spiro atoms. The Hall–Kier alpha value is -3.99. The summed E-state index contributed by atoms with van der Waals surface area (Å²) in [6.45, 7) is 4.62. The van der Waals surface area contributed by atoms with Crippen molar-refractivity contribution in [2.45, 2.75) is 58.5 Å². The first kappa shape index (κ1) is 29.0. The van der Waals surface area contributed by atoms with E-state index in [1.54, 1.807) is 31.3 Å². The number of ether oxygens (including phenoxy) is 1. The van der Waals surface area contributed by atoms with E-state index < -0.39 is 29.4 Å². The van der Waals surface area contributed by atoms with Crippen LogP contribution < -0.4 is 5.32 Å². The van der Waals surface area contributed by atoms with Crippen LogP contribution in [0.4, 0.5) is 20.4 Å². The second-order valence-corrected chi connectivity index (χ2v) is 10.5. The Morgan fingerprint density at radius 1 is 1.15 bits per heavy atom. The Morgan fingerprint density at radius 2 is 1.88 bits per heavy atom. The van der Waals surface area contributed by atoms with E-state index in [2.05, 4.69) is 20.3 Å². The molecule has 9 nitrogen and oxygen atoms in total. The Bertz CT molecular complexity index is 1370. The van der Waals surface area contributed by atoms with Crippen molar-refractivity contribution in [3.05, 3.63) is 65.6 Å². The van der Waals surface area contributed by atoms with Crippen LogP contribution in [0.1, 0.15) is 62.8 Å². The first-order chi connectivity index (χ1) is 18.9. The first-order valence-corrected chi connectivity index (χ1v) is 13.0. The van der Waals surface area contributed by atoms with Gasteiger partial charge in [-0.1, -0.05) is 0 Å². The molecule has 0 aromatic carbocycles. The largest absolute Gasteiger partial charge is 0.481 e. The number of rotatable bonds is 9. The highest BCUT2D eigenvalue weighted by molar-refractivity contribution is 5.76. The highest BCUT2D eigenvalue weighted by Gasteiger charge is 2.47. The number of esters is 1. The summed E-state index contributed by atoms with van der Waals surface area (Å²) in [6.07, 6.45) is 1.71. The van der Waals surface area contributed by atoms with Crippen molar-refractivity contribution in [2.75, 3.05) is 11.9 Å². The molecule has 0 aliphatic heterocycles. The number of carbonyl (C=O) groups excluding carboxylic acids is 1. The van der Waals surface area contributed by atoms with E-state index in [0.717, 1.165) is 5.56 Å². The Labute approximate surface area is 230 Å². The number of nitrogens with zero attached hydrogens (tertiary/aromatic N) is 3. The molecule has 212 valence electrons. The minimum atomic E-state index is -2.61. The number of pyridine rings is 3. The zero-order valence-electron chi connectivity index (χ0n) is 22.5. The maximum atomic E-state index is 13.1. The van der Waals surface area contributed by atoms with Gasteiger partial charge in [0.1, 0.15) is 29.3 Å². The van der Waals surface area contributed by atoms with Crippen molar-refractivity contribution in [1.82, 2.24) is 15.0 Å². The van der Waals surface area contributed by atoms with E-state index in [0.29, 0.717) is 35.6 Å². The van der Waals surface area contributed by atoms with Crippen LogP contribution in [-0.2, 0) is 19.9 Å². The van der Waals surface area contributed by atoms with Crippen molar-refractivity contribution in [2.24, 2.45) is 11.3 Å². The summed E-state index contributed by atoms with van der Waals surface area (Å²) >= 11 is 0. The van der Waals surface area contributed by atoms with Crippen LogP contribution in [0.5, 0.6) is 0 Å². The van der Waals surface area contributed by atoms with Gasteiger partial charge in [0, 0.05) is 30.4 Å². The summed E-state index contributed by atoms with van der Waals surface area (Å²) in [5.41, 5.74) is 0.00606. The number of carboxylic acid groups (broad SMARTS) is 1. The third-order valence-electron chi connectivity index (χ3n) is 7.58. The number of aliphatic carboxylic acids is 1. The van der Waals surface area contributed by atoms with Gasteiger partial charge in [-0.2, -0.15) is 0 Å². The molecule has 4 rings (SSSR count). The lowest BCUT2D eigenvalue weighted by Gasteiger charge is -2.41. The Morgan fingerprint density at radius 3 is 2.48 bits per heavy atom. The zero-order valence-corrected chi connectivity index (χ0v) is 22.5. The third-order valence-corrected chi connectivity index (χ3v) is 7.58. The monoisotopic (exact) mass is 554 g/mol. The molecular weight excluding hydrogens is 522 g/mol. The van der Waals surface area contributed by atoms with Crippen LogP contribution in [0.3, 0.4) is 0 Å². The predicted octanol–water partition coefficient (Wildman–Crippen LogP) is 5.56. The molecule has 1 fully saturated rings. The van der Waals surface area contributed by atoms with Crippen LogP contribution in [0, 0.1) is 18.3 Å². The fourth-order valence-corrected chi connectivity index (χ4v) is 5.11. The van der Waals surface area contributed by atoms with E-state index >= 15 is 0 Å². The van der Waals surface area contributed by atoms with Gasteiger partial charge in [0.05, 0.1) is 11.4 Å². The van der Waals surface area contributed by atoms with Gasteiger partial charge in [0.2, 0.25) is 0 Å². The van der Waals surface area contributed by atoms with Crippen LogP contribution in [0.15, 0.2) is 48.8 Å². The average molecular weight is 555 g/mol. The molecule has 0 radical (unpaired) electrons. The topological polar surface area (TPSA) is 135 Å². The van der Waals surface area contributed by atoms with Gasteiger partial charge in [0.15, 0.2) is 0 Å². The van der Waals surface area contributed by atoms with Crippen molar-refractivity contribution < 1.29 is 33.3 Å². The highest BCUT2D eigenvalue weighted by Crippen LogP contribution is 2.46. The molecule has 0 saturated heterocycles. The molecule has 1 aliphatic rings. The summed E-state index contributed by atoms with van der Waals surface area (Å²) in [5.74, 6) is -1.09. The van der Waals surface area contributed by atoms with Crippen LogP contribution in [0.2, 0.25) is 0 Å². The van der Waals surface area contributed by atoms with E-state index in [9.17, 15) is 28.6 Å². The predicted molar refractivity (Wildman–Crippen MR) is 143 cm³/mol. The van der Waals surface area contributed by atoms with Crippen molar-refractivity contribution in [3.63, 3.8) is 0 Å². The summed E-state index contributed by atoms with van der Waals surface area (Å²) in [6, 6.07) is 9.68. The molecule has 3 heterocycles. The molecule has 11 heteroatoms. The second kappa shape index (κ2) is 11.6. The number of aromatic nitrogens is 3. The van der Waals surface area contributed by atoms with Crippen molar-refractivity contribution in [1.29, 1.82) is 0 Å². The van der Waals surface area contributed by atoms with E-state index in [4.69, 9.17) is 4.74 Å². The van der Waals surface area contributed by atoms with Gasteiger partial charge >= 0.3 is 11.9 Å². The molecule has 3 N–H and O–H groups in total. The number of carboxylic acids is 1. The smallest absolute Gasteiger partial charge is 0.313 e. The number of nitrogens with one attached hydrogen (secondary N) is 1. The lowest BCUT2D eigenvalue weighted by Crippen LogP contribution is -2.44. The Balaban J connectivity index is 1.49. The summed E-state index contributed by atoms with van der Waals surface area (Å²) in [5, 5.41) is 24.2. The van der Waals surface area contributed by atoms with Crippen LogP contribution in [0.25, 0.3) is 11.3 Å². The average Bonchev–Trinajstić information content (AvgIpc) is 2.92. The van der Waals surface area contributed by atoms with Crippen molar-refractivity contribution in [3.8, 4) is 11.3 Å². The number of anilines is 2. The molecule has 0 bridgehead atoms. The maximum Gasteiger partial charge on any atom is 0.313 e. The van der Waals surface area contributed by atoms with Crippen LogP contribution in [-0.4, -0.2) is 43.7 Å². The zero-order chi connectivity index (χ0) is 29.1. The molecule has 1 unspecified atom stereocenters. The van der Waals surface area contributed by atoms with Gasteiger partial charge in [0.25, 0.3) is 6.43 Å². The number of halogens is 2. The van der Waals surface area contributed by atoms with E-state index in [-0.39, 0.29) is 36.7 Å². The molecule has 1 saturated carbocycles. The van der Waals surface area contributed by atoms with E-state index in [1.165, 1.54) is 25.3 Å². The molecule has 1 atom stereocenters. The first-order valence-electron chi connectivity index (χ1n) is 13.0. The number of aliphatic hydroxyl groups is 1. The van der Waals surface area contributed by atoms with Gasteiger partial charge in [-0.3, -0.25) is 14.6 Å². The number of alkyl halides is 2. The molecule has 3 aromatic heterocycles. The van der Waals surface area contributed by atoms with Gasteiger partial charge in [-0.05, 0) is 87.4 Å². The quantitative estimate of drug-likeness (QED) is 0.291. The molecule has 1 aliphatic carbocycles.